The molecular formula is C20H19BrF3N5O. The van der Waals surface area contributed by atoms with Crippen molar-refractivity contribution in [1.29, 1.82) is 0 Å². The first kappa shape index (κ1) is 17.2. The van der Waals surface area contributed by atoms with Crippen molar-refractivity contribution in [1.82, 2.24) is 19.7 Å². The molecule has 1 fully saturated rings. The fourth-order valence-electron chi connectivity index (χ4n) is 3.40. The fourth-order valence-corrected chi connectivity index (χ4v) is 3.73. The van der Waals surface area contributed by atoms with Gasteiger partial charge in [0.2, 0.25) is 0 Å². The summed E-state index contributed by atoms with van der Waals surface area (Å²) in [6.45, 7) is -1.81. The molecule has 0 atom stereocenters. The molecule has 1 aliphatic rings. The second kappa shape index (κ2) is 7.99. The van der Waals surface area contributed by atoms with Gasteiger partial charge in [0.05, 0.1) is 31.0 Å². The van der Waals surface area contributed by atoms with Crippen LogP contribution in [0.5, 0.6) is 0 Å². The molecular weight excluding hydrogens is 463 g/mol. The zero-order chi connectivity index (χ0) is 23.9. The molecule has 6 nitrogen and oxygen atoms in total. The van der Waals surface area contributed by atoms with E-state index in [1.807, 2.05) is 12.1 Å². The Balaban J connectivity index is 1.56. The van der Waals surface area contributed by atoms with Crippen molar-refractivity contribution < 1.29 is 22.0 Å². The number of benzene rings is 1. The van der Waals surface area contributed by atoms with Crippen LogP contribution in [0.1, 0.15) is 26.8 Å². The van der Waals surface area contributed by atoms with Crippen molar-refractivity contribution in [3.05, 3.63) is 70.0 Å². The van der Waals surface area contributed by atoms with Crippen LogP contribution >= 0.6 is 15.9 Å². The van der Waals surface area contributed by atoms with Crippen LogP contribution in [0.2, 0.25) is 0 Å². The topological polar surface area (TPSA) is 64.9 Å². The number of anilines is 1. The van der Waals surface area contributed by atoms with Crippen LogP contribution in [-0.4, -0.2) is 33.0 Å². The minimum absolute atomic E-state index is 0.122. The van der Waals surface area contributed by atoms with Crippen LogP contribution < -0.4 is 5.32 Å². The Hall–Kier alpha value is -2.46. The van der Waals surface area contributed by atoms with E-state index in [2.05, 4.69) is 36.4 Å². The lowest BCUT2D eigenvalue weighted by Crippen LogP contribution is -2.49. The third-order valence-electron chi connectivity index (χ3n) is 5.05. The van der Waals surface area contributed by atoms with Gasteiger partial charge >= 0.3 is 6.18 Å². The predicted octanol–water partition coefficient (Wildman–Crippen LogP) is 4.11. The zero-order valence-corrected chi connectivity index (χ0v) is 17.2. The Morgan fingerprint density at radius 3 is 2.87 bits per heavy atom. The second-order valence-electron chi connectivity index (χ2n) is 7.15. The first-order chi connectivity index (χ1) is 15.5. The number of aromatic nitrogens is 4. The van der Waals surface area contributed by atoms with Crippen molar-refractivity contribution in [3.63, 3.8) is 0 Å². The van der Waals surface area contributed by atoms with E-state index in [4.69, 9.17) is 8.85 Å². The van der Waals surface area contributed by atoms with Crippen molar-refractivity contribution >= 4 is 21.6 Å². The molecule has 30 heavy (non-hydrogen) atoms. The molecule has 158 valence electrons. The predicted molar refractivity (Wildman–Crippen MR) is 108 cm³/mol. The average molecular weight is 485 g/mol. The van der Waals surface area contributed by atoms with Crippen LogP contribution in [0, 0.1) is 0 Å². The molecule has 0 saturated carbocycles. The number of rotatable bonds is 6. The van der Waals surface area contributed by atoms with E-state index in [0.29, 0.717) is 31.1 Å². The van der Waals surface area contributed by atoms with E-state index in [-0.39, 0.29) is 16.7 Å². The number of hydrogen-bond acceptors (Lipinski definition) is 5. The highest BCUT2D eigenvalue weighted by Crippen LogP contribution is 2.37. The van der Waals surface area contributed by atoms with Crippen LogP contribution in [0.3, 0.4) is 0 Å². The molecule has 3 aromatic rings. The number of alkyl halides is 3. The fraction of sp³-hybridized carbons (Fsp3) is 0.350. The van der Waals surface area contributed by atoms with E-state index in [0.717, 1.165) is 16.2 Å². The molecule has 2 aromatic heterocycles. The maximum Gasteiger partial charge on any atom is 0.418 e. The van der Waals surface area contributed by atoms with Gasteiger partial charge in [-0.3, -0.25) is 4.98 Å². The molecule has 0 unspecified atom stereocenters. The van der Waals surface area contributed by atoms with Crippen molar-refractivity contribution in [3.8, 4) is 0 Å². The second-order valence-corrected chi connectivity index (χ2v) is 8.06. The normalized spacial score (nSPS) is 17.5. The summed E-state index contributed by atoms with van der Waals surface area (Å²) >= 11 is 3.03. The standard InChI is InChI=1S/C20H19BrF3N5O/c1-29-12-27-28-18(29)7-19(10-30-11-19)13-3-2-4-15(5-13)25-9-17-16(20(22,23)24)6-14(21)8-26-17/h2-6,8,12,25H,7,9-11H2,1H3/i1D3. The number of pyridine rings is 1. The molecule has 0 bridgehead atoms. The van der Waals surface area contributed by atoms with Crippen LogP contribution in [-0.2, 0) is 36.3 Å². The van der Waals surface area contributed by atoms with Gasteiger partial charge in [0.1, 0.15) is 12.2 Å². The lowest BCUT2D eigenvalue weighted by atomic mass is 9.75. The molecule has 10 heteroatoms. The third kappa shape index (κ3) is 4.20. The summed E-state index contributed by atoms with van der Waals surface area (Å²) in [5, 5.41) is 10.7. The number of nitrogens with one attached hydrogen (secondary N) is 1. The summed E-state index contributed by atoms with van der Waals surface area (Å²) in [5.41, 5.74) is 0.0188. The molecule has 0 radical (unpaired) electrons. The van der Waals surface area contributed by atoms with Gasteiger partial charge in [-0.15, -0.1) is 10.2 Å². The lowest BCUT2D eigenvalue weighted by Gasteiger charge is -2.41. The SMILES string of the molecule is [2H]C([2H])([2H])n1cnnc1CC1(c2cccc(NCc3ncc(Br)cc3C(F)(F)F)c2)COC1. The van der Waals surface area contributed by atoms with Gasteiger partial charge in [-0.25, -0.2) is 0 Å². The zero-order valence-electron chi connectivity index (χ0n) is 18.6. The van der Waals surface area contributed by atoms with Gasteiger partial charge < -0.3 is 14.6 Å². The molecule has 1 aromatic carbocycles. The largest absolute Gasteiger partial charge is 0.418 e. The van der Waals surface area contributed by atoms with E-state index in [1.54, 1.807) is 12.1 Å². The van der Waals surface area contributed by atoms with E-state index >= 15 is 0 Å². The number of hydrogen-bond donors (Lipinski definition) is 1. The molecule has 3 heterocycles. The Labute approximate surface area is 183 Å². The minimum Gasteiger partial charge on any atom is -0.379 e. The van der Waals surface area contributed by atoms with Crippen molar-refractivity contribution in [2.75, 3.05) is 18.5 Å². The Morgan fingerprint density at radius 1 is 1.33 bits per heavy atom. The third-order valence-corrected chi connectivity index (χ3v) is 5.48. The molecule has 0 aliphatic carbocycles. The Bertz CT molecular complexity index is 1150. The molecule has 1 saturated heterocycles. The van der Waals surface area contributed by atoms with Gasteiger partial charge in [-0.05, 0) is 39.7 Å². The van der Waals surface area contributed by atoms with Crippen molar-refractivity contribution in [2.45, 2.75) is 24.6 Å². The summed E-state index contributed by atoms with van der Waals surface area (Å²) in [6, 6.07) is 8.23. The van der Waals surface area contributed by atoms with Crippen LogP contribution in [0.4, 0.5) is 18.9 Å². The number of ether oxygens (including phenoxy) is 1. The average Bonchev–Trinajstić information content (AvgIpc) is 3.18. The van der Waals surface area contributed by atoms with Gasteiger partial charge in [0.25, 0.3) is 0 Å². The van der Waals surface area contributed by atoms with Gasteiger partial charge in [0, 0.05) is 39.3 Å². The molecule has 1 N–H and O–H groups in total. The monoisotopic (exact) mass is 484 g/mol. The van der Waals surface area contributed by atoms with Crippen LogP contribution in [0.25, 0.3) is 0 Å². The summed E-state index contributed by atoms with van der Waals surface area (Å²) in [7, 11) is 0. The highest BCUT2D eigenvalue weighted by Gasteiger charge is 2.41. The summed E-state index contributed by atoms with van der Waals surface area (Å²) < 4.78 is 69.8. The quantitative estimate of drug-likeness (QED) is 0.570. The molecule has 0 amide bonds. The number of halogens is 4. The number of nitrogens with zero attached hydrogens (tertiary/aromatic N) is 4. The Kier molecular flexibility index (Phi) is 4.59. The van der Waals surface area contributed by atoms with Gasteiger partial charge in [-0.2, -0.15) is 13.2 Å². The van der Waals surface area contributed by atoms with E-state index < -0.39 is 24.1 Å². The maximum atomic E-state index is 13.4. The highest BCUT2D eigenvalue weighted by atomic mass is 79.9. The smallest absolute Gasteiger partial charge is 0.379 e. The van der Waals surface area contributed by atoms with Gasteiger partial charge in [-0.1, -0.05) is 12.1 Å². The Morgan fingerprint density at radius 2 is 2.17 bits per heavy atom. The van der Waals surface area contributed by atoms with Crippen LogP contribution in [0.15, 0.2) is 47.3 Å². The summed E-state index contributed by atoms with van der Waals surface area (Å²) in [6.07, 6.45) is -1.73. The molecule has 1 aliphatic heterocycles. The summed E-state index contributed by atoms with van der Waals surface area (Å²) in [4.78, 5) is 3.92. The number of aryl methyl sites for hydroxylation is 1. The minimum atomic E-state index is -4.53. The van der Waals surface area contributed by atoms with Crippen molar-refractivity contribution in [2.24, 2.45) is 6.98 Å². The first-order valence-electron chi connectivity index (χ1n) is 10.5. The van der Waals surface area contributed by atoms with E-state index in [1.165, 1.54) is 12.5 Å². The lowest BCUT2D eigenvalue weighted by molar-refractivity contribution is -0.138. The molecule has 4 rings (SSSR count). The summed E-state index contributed by atoms with van der Waals surface area (Å²) in [5.74, 6) is 0.311. The maximum absolute atomic E-state index is 13.4. The van der Waals surface area contributed by atoms with Gasteiger partial charge in [0.15, 0.2) is 0 Å². The first-order valence-corrected chi connectivity index (χ1v) is 9.80. The van der Waals surface area contributed by atoms with E-state index in [9.17, 15) is 13.2 Å². The highest BCUT2D eigenvalue weighted by molar-refractivity contribution is 9.10. The molecule has 0 spiro atoms.